The second-order valence-corrected chi connectivity index (χ2v) is 6.64. The fourth-order valence-corrected chi connectivity index (χ4v) is 3.78. The van der Waals surface area contributed by atoms with Gasteiger partial charge in [-0.05, 0) is 35.9 Å². The molecule has 1 amide bonds. The highest BCUT2D eigenvalue weighted by Gasteiger charge is 2.38. The summed E-state index contributed by atoms with van der Waals surface area (Å²) in [5.41, 5.74) is 1.38. The molecule has 0 radical (unpaired) electrons. The summed E-state index contributed by atoms with van der Waals surface area (Å²) in [7, 11) is 0. The molecule has 0 aliphatic carbocycles. The van der Waals surface area contributed by atoms with Gasteiger partial charge < -0.3 is 0 Å². The zero-order valence-corrected chi connectivity index (χ0v) is 13.0. The van der Waals surface area contributed by atoms with Crippen LogP contribution in [0.5, 0.6) is 0 Å². The van der Waals surface area contributed by atoms with E-state index in [0.29, 0.717) is 15.0 Å². The molecule has 0 saturated carbocycles. The second-order valence-electron chi connectivity index (χ2n) is 4.47. The predicted molar refractivity (Wildman–Crippen MR) is 88.3 cm³/mol. The van der Waals surface area contributed by atoms with Gasteiger partial charge in [0, 0.05) is 5.02 Å². The van der Waals surface area contributed by atoms with Gasteiger partial charge in [-0.15, -0.1) is 0 Å². The number of anilines is 1. The Labute approximate surface area is 135 Å². The lowest BCUT2D eigenvalue weighted by Crippen LogP contribution is -2.28. The number of thiocarbonyl (C=S) groups is 1. The topological polar surface area (TPSA) is 20.3 Å². The first-order valence-electron chi connectivity index (χ1n) is 6.12. The molecule has 21 heavy (non-hydrogen) atoms. The summed E-state index contributed by atoms with van der Waals surface area (Å²) in [6, 6.07) is 12.9. The number of hydrogen-bond donors (Lipinski definition) is 0. The van der Waals surface area contributed by atoms with Crippen molar-refractivity contribution in [2.75, 3.05) is 4.90 Å². The average Bonchev–Trinajstić information content (AvgIpc) is 2.75. The van der Waals surface area contributed by atoms with E-state index >= 15 is 0 Å². The molecule has 1 saturated heterocycles. The molecule has 0 aromatic heterocycles. The van der Waals surface area contributed by atoms with Crippen LogP contribution in [-0.2, 0) is 4.79 Å². The van der Waals surface area contributed by atoms with Crippen molar-refractivity contribution >= 4 is 51.5 Å². The Morgan fingerprint density at radius 2 is 1.90 bits per heavy atom. The maximum absolute atomic E-state index is 13.0. The van der Waals surface area contributed by atoms with Crippen LogP contribution in [-0.4, -0.2) is 10.2 Å². The fraction of sp³-hybridized carbons (Fsp3) is 0.0667. The minimum atomic E-state index is -0.447. The Balaban J connectivity index is 1.94. The van der Waals surface area contributed by atoms with Crippen molar-refractivity contribution in [3.8, 4) is 0 Å². The monoisotopic (exact) mass is 337 g/mol. The number of hydrogen-bond acceptors (Lipinski definition) is 3. The molecule has 0 bridgehead atoms. The number of benzene rings is 2. The van der Waals surface area contributed by atoms with Gasteiger partial charge in [-0.3, -0.25) is 9.69 Å². The fourth-order valence-electron chi connectivity index (χ4n) is 2.11. The Kier molecular flexibility index (Phi) is 3.97. The molecular weight excluding hydrogens is 329 g/mol. The second kappa shape index (κ2) is 5.75. The van der Waals surface area contributed by atoms with Crippen molar-refractivity contribution in [1.29, 1.82) is 0 Å². The van der Waals surface area contributed by atoms with Crippen molar-refractivity contribution < 1.29 is 9.18 Å². The van der Waals surface area contributed by atoms with Crippen LogP contribution in [0.15, 0.2) is 48.5 Å². The van der Waals surface area contributed by atoms with Crippen molar-refractivity contribution in [2.24, 2.45) is 0 Å². The van der Waals surface area contributed by atoms with Crippen LogP contribution in [0.4, 0.5) is 10.1 Å². The Hall–Kier alpha value is -1.43. The first-order valence-corrected chi connectivity index (χ1v) is 7.78. The highest BCUT2D eigenvalue weighted by Crippen LogP contribution is 2.42. The number of thioether (sulfide) groups is 1. The van der Waals surface area contributed by atoms with Crippen molar-refractivity contribution in [3.63, 3.8) is 0 Å². The summed E-state index contributed by atoms with van der Waals surface area (Å²) in [5.74, 6) is -0.470. The van der Waals surface area contributed by atoms with E-state index in [-0.39, 0.29) is 11.7 Å². The highest BCUT2D eigenvalue weighted by molar-refractivity contribution is 8.24. The van der Waals surface area contributed by atoms with E-state index in [9.17, 15) is 9.18 Å². The SMILES string of the molecule is O=C1C(c2ccc(F)cc2)SC(=S)N1c1cccc(Cl)c1. The molecular formula is C15H9ClFNOS2. The lowest BCUT2D eigenvalue weighted by atomic mass is 10.1. The molecule has 1 atom stereocenters. The Morgan fingerprint density at radius 1 is 1.19 bits per heavy atom. The number of carbonyl (C=O) groups excluding carboxylic acids is 1. The Bertz CT molecular complexity index is 720. The molecule has 2 aromatic carbocycles. The molecule has 6 heteroatoms. The van der Waals surface area contributed by atoms with Crippen LogP contribution in [0, 0.1) is 5.82 Å². The summed E-state index contributed by atoms with van der Waals surface area (Å²) in [6.07, 6.45) is 0. The third kappa shape index (κ3) is 2.81. The quantitative estimate of drug-likeness (QED) is 0.748. The van der Waals surface area contributed by atoms with Gasteiger partial charge in [-0.2, -0.15) is 0 Å². The number of nitrogens with zero attached hydrogens (tertiary/aromatic N) is 1. The van der Waals surface area contributed by atoms with Crippen molar-refractivity contribution in [1.82, 2.24) is 0 Å². The van der Waals surface area contributed by atoms with Crippen LogP contribution >= 0.6 is 35.6 Å². The number of rotatable bonds is 2. The van der Waals surface area contributed by atoms with Gasteiger partial charge in [0.05, 0.1) is 5.69 Å². The average molecular weight is 338 g/mol. The number of amides is 1. The Morgan fingerprint density at radius 3 is 2.57 bits per heavy atom. The summed E-state index contributed by atoms with van der Waals surface area (Å²) in [5, 5.41) is 0.0930. The summed E-state index contributed by atoms with van der Waals surface area (Å²) in [6.45, 7) is 0. The van der Waals surface area contributed by atoms with E-state index < -0.39 is 5.25 Å². The molecule has 106 valence electrons. The summed E-state index contributed by atoms with van der Waals surface area (Å²) in [4.78, 5) is 14.1. The summed E-state index contributed by atoms with van der Waals surface area (Å²) < 4.78 is 13.5. The van der Waals surface area contributed by atoms with Crippen molar-refractivity contribution in [2.45, 2.75) is 5.25 Å². The minimum Gasteiger partial charge on any atom is -0.272 e. The normalized spacial score (nSPS) is 18.4. The van der Waals surface area contributed by atoms with Crippen LogP contribution in [0.1, 0.15) is 10.8 Å². The van der Waals surface area contributed by atoms with E-state index in [0.717, 1.165) is 5.56 Å². The predicted octanol–water partition coefficient (Wildman–Crippen LogP) is 4.59. The molecule has 0 spiro atoms. The van der Waals surface area contributed by atoms with Gasteiger partial charge in [-0.1, -0.05) is 53.8 Å². The molecule has 1 aliphatic heterocycles. The lowest BCUT2D eigenvalue weighted by Gasteiger charge is -2.15. The van der Waals surface area contributed by atoms with Crippen LogP contribution in [0.3, 0.4) is 0 Å². The van der Waals surface area contributed by atoms with Gasteiger partial charge in [0.25, 0.3) is 5.91 Å². The van der Waals surface area contributed by atoms with Gasteiger partial charge >= 0.3 is 0 Å². The lowest BCUT2D eigenvalue weighted by molar-refractivity contribution is -0.117. The van der Waals surface area contributed by atoms with Crippen LogP contribution in [0.25, 0.3) is 0 Å². The van der Waals surface area contributed by atoms with E-state index in [1.165, 1.54) is 28.8 Å². The van der Waals surface area contributed by atoms with Gasteiger partial charge in [0.15, 0.2) is 0 Å². The zero-order valence-electron chi connectivity index (χ0n) is 10.6. The summed E-state index contributed by atoms with van der Waals surface area (Å²) >= 11 is 12.5. The van der Waals surface area contributed by atoms with Gasteiger partial charge in [0.2, 0.25) is 0 Å². The van der Waals surface area contributed by atoms with E-state index in [1.54, 1.807) is 36.4 Å². The largest absolute Gasteiger partial charge is 0.272 e. The van der Waals surface area contributed by atoms with Crippen LogP contribution < -0.4 is 4.90 Å². The highest BCUT2D eigenvalue weighted by atomic mass is 35.5. The van der Waals surface area contributed by atoms with E-state index in [2.05, 4.69) is 0 Å². The number of carbonyl (C=O) groups is 1. The molecule has 1 heterocycles. The number of halogens is 2. The first kappa shape index (κ1) is 14.5. The van der Waals surface area contributed by atoms with E-state index in [4.69, 9.17) is 23.8 Å². The minimum absolute atomic E-state index is 0.140. The van der Waals surface area contributed by atoms with Gasteiger partial charge in [-0.25, -0.2) is 4.39 Å². The molecule has 1 fully saturated rings. The molecule has 0 N–H and O–H groups in total. The van der Waals surface area contributed by atoms with Gasteiger partial charge in [0.1, 0.15) is 15.4 Å². The molecule has 2 aromatic rings. The molecule has 1 unspecified atom stereocenters. The molecule has 1 aliphatic rings. The van der Waals surface area contributed by atoms with E-state index in [1.807, 2.05) is 0 Å². The maximum atomic E-state index is 13.0. The smallest absolute Gasteiger partial charge is 0.250 e. The van der Waals surface area contributed by atoms with Crippen molar-refractivity contribution in [3.05, 3.63) is 64.9 Å². The third-order valence-electron chi connectivity index (χ3n) is 3.09. The molecule has 2 nitrogen and oxygen atoms in total. The standard InChI is InChI=1S/C15H9ClFNOS2/c16-10-2-1-3-12(8-10)18-14(19)13(21-15(18)20)9-4-6-11(17)7-5-9/h1-8,13H. The molecule has 3 rings (SSSR count). The maximum Gasteiger partial charge on any atom is 0.250 e. The zero-order chi connectivity index (χ0) is 15.0. The third-order valence-corrected chi connectivity index (χ3v) is 4.89. The first-order chi connectivity index (χ1) is 10.1. The van der Waals surface area contributed by atoms with Crippen LogP contribution in [0.2, 0.25) is 5.02 Å².